The third kappa shape index (κ3) is 2.81. The molecule has 118 valence electrons. The van der Waals surface area contributed by atoms with Gasteiger partial charge in [0.25, 0.3) is 0 Å². The number of ether oxygens (including phenoxy) is 2. The highest BCUT2D eigenvalue weighted by Crippen LogP contribution is 2.30. The molecule has 0 spiro atoms. The van der Waals surface area contributed by atoms with Crippen molar-refractivity contribution < 1.29 is 9.47 Å². The smallest absolute Gasteiger partial charge is 0.127 e. The summed E-state index contributed by atoms with van der Waals surface area (Å²) in [5, 5.41) is 8.04. The summed E-state index contributed by atoms with van der Waals surface area (Å²) in [4.78, 5) is 0. The zero-order valence-corrected chi connectivity index (χ0v) is 13.4. The first-order chi connectivity index (χ1) is 10.7. The Bertz CT molecular complexity index is 651. The fourth-order valence-electron chi connectivity index (χ4n) is 3.15. The van der Waals surface area contributed by atoms with E-state index < -0.39 is 0 Å². The molecule has 0 amide bonds. The Hall–Kier alpha value is -2.01. The highest BCUT2D eigenvalue weighted by Gasteiger charge is 2.23. The molecule has 0 bridgehead atoms. The van der Waals surface area contributed by atoms with Gasteiger partial charge in [0, 0.05) is 42.5 Å². The van der Waals surface area contributed by atoms with Gasteiger partial charge in [-0.05, 0) is 25.3 Å². The summed E-state index contributed by atoms with van der Waals surface area (Å²) in [6, 6.07) is 6.31. The van der Waals surface area contributed by atoms with Gasteiger partial charge in [0.2, 0.25) is 0 Å². The summed E-state index contributed by atoms with van der Waals surface area (Å²) in [5.41, 5.74) is 3.82. The number of fused-ring (bicyclic) bond motifs is 1. The molecule has 1 aliphatic carbocycles. The summed E-state index contributed by atoms with van der Waals surface area (Å²) in [6.45, 7) is 0.770. The second kappa shape index (κ2) is 6.40. The van der Waals surface area contributed by atoms with Crippen molar-refractivity contribution in [2.75, 3.05) is 14.2 Å². The minimum absolute atomic E-state index is 0.365. The number of hydrogen-bond acceptors (Lipinski definition) is 4. The molecule has 22 heavy (non-hydrogen) atoms. The third-order valence-electron chi connectivity index (χ3n) is 4.41. The summed E-state index contributed by atoms with van der Waals surface area (Å²) < 4.78 is 12.7. The zero-order valence-electron chi connectivity index (χ0n) is 13.4. The Morgan fingerprint density at radius 1 is 1.32 bits per heavy atom. The molecule has 1 atom stereocenters. The summed E-state index contributed by atoms with van der Waals surface area (Å²) in [7, 11) is 5.38. The standard InChI is InChI=1S/C17H23N3O2/c1-20-16-6-4-5-15(14(16)11-19-20)18-10-12-7-8-13(21-2)9-17(12)22-3/h7-9,11,15,18H,4-6,10H2,1-3H3. The Morgan fingerprint density at radius 3 is 2.95 bits per heavy atom. The zero-order chi connectivity index (χ0) is 15.5. The van der Waals surface area contributed by atoms with Crippen molar-refractivity contribution in [3.63, 3.8) is 0 Å². The normalized spacial score (nSPS) is 17.1. The van der Waals surface area contributed by atoms with Gasteiger partial charge in [-0.25, -0.2) is 0 Å². The van der Waals surface area contributed by atoms with Crippen LogP contribution in [0.2, 0.25) is 0 Å². The Labute approximate surface area is 131 Å². The molecule has 1 aromatic carbocycles. The second-order valence-electron chi connectivity index (χ2n) is 5.67. The molecule has 1 aromatic heterocycles. The highest BCUT2D eigenvalue weighted by molar-refractivity contribution is 5.40. The monoisotopic (exact) mass is 301 g/mol. The summed E-state index contributed by atoms with van der Waals surface area (Å²) in [6.07, 6.45) is 5.47. The molecule has 1 unspecified atom stereocenters. The van der Waals surface area contributed by atoms with Crippen LogP contribution in [0.1, 0.15) is 35.7 Å². The summed E-state index contributed by atoms with van der Waals surface area (Å²) in [5.74, 6) is 1.67. The van der Waals surface area contributed by atoms with Gasteiger partial charge in [-0.3, -0.25) is 4.68 Å². The molecule has 2 aromatic rings. The number of aromatic nitrogens is 2. The number of nitrogens with zero attached hydrogens (tertiary/aromatic N) is 2. The molecule has 0 saturated carbocycles. The van der Waals surface area contributed by atoms with E-state index in [0.29, 0.717) is 6.04 Å². The van der Waals surface area contributed by atoms with Crippen molar-refractivity contribution in [3.05, 3.63) is 41.2 Å². The van der Waals surface area contributed by atoms with Crippen LogP contribution in [0.4, 0.5) is 0 Å². The van der Waals surface area contributed by atoms with Crippen LogP contribution in [0.3, 0.4) is 0 Å². The van der Waals surface area contributed by atoms with Crippen LogP contribution in [-0.4, -0.2) is 24.0 Å². The number of benzene rings is 1. The molecule has 3 rings (SSSR count). The molecule has 1 aliphatic rings. The quantitative estimate of drug-likeness (QED) is 0.922. The fraction of sp³-hybridized carbons (Fsp3) is 0.471. The maximum absolute atomic E-state index is 5.46. The molecular formula is C17H23N3O2. The largest absolute Gasteiger partial charge is 0.497 e. The van der Waals surface area contributed by atoms with Crippen LogP contribution in [0.15, 0.2) is 24.4 Å². The van der Waals surface area contributed by atoms with Crippen molar-refractivity contribution >= 4 is 0 Å². The Balaban J connectivity index is 1.73. The number of methoxy groups -OCH3 is 2. The van der Waals surface area contributed by atoms with Crippen molar-refractivity contribution in [1.29, 1.82) is 0 Å². The van der Waals surface area contributed by atoms with Gasteiger partial charge < -0.3 is 14.8 Å². The van der Waals surface area contributed by atoms with Gasteiger partial charge in [-0.2, -0.15) is 5.10 Å². The van der Waals surface area contributed by atoms with E-state index in [1.165, 1.54) is 17.7 Å². The van der Waals surface area contributed by atoms with Crippen LogP contribution in [0.25, 0.3) is 0 Å². The topological polar surface area (TPSA) is 48.3 Å². The first kappa shape index (κ1) is 14.9. The lowest BCUT2D eigenvalue weighted by molar-refractivity contribution is 0.386. The van der Waals surface area contributed by atoms with E-state index >= 15 is 0 Å². The van der Waals surface area contributed by atoms with Crippen LogP contribution in [-0.2, 0) is 20.0 Å². The van der Waals surface area contributed by atoms with Crippen molar-refractivity contribution in [2.24, 2.45) is 7.05 Å². The molecule has 0 fully saturated rings. The molecule has 1 heterocycles. The van der Waals surface area contributed by atoms with E-state index in [1.807, 2.05) is 30.1 Å². The maximum Gasteiger partial charge on any atom is 0.127 e. The van der Waals surface area contributed by atoms with Gasteiger partial charge in [-0.15, -0.1) is 0 Å². The fourth-order valence-corrected chi connectivity index (χ4v) is 3.15. The molecule has 0 saturated heterocycles. The van der Waals surface area contributed by atoms with Crippen molar-refractivity contribution in [3.8, 4) is 11.5 Å². The van der Waals surface area contributed by atoms with E-state index in [2.05, 4.69) is 16.5 Å². The van der Waals surface area contributed by atoms with Gasteiger partial charge in [0.1, 0.15) is 11.5 Å². The predicted molar refractivity (Wildman–Crippen MR) is 85.3 cm³/mol. The van der Waals surface area contributed by atoms with Crippen LogP contribution in [0.5, 0.6) is 11.5 Å². The lowest BCUT2D eigenvalue weighted by atomic mass is 9.93. The first-order valence-electron chi connectivity index (χ1n) is 7.68. The van der Waals surface area contributed by atoms with Crippen LogP contribution < -0.4 is 14.8 Å². The minimum Gasteiger partial charge on any atom is -0.497 e. The number of aryl methyl sites for hydroxylation is 1. The second-order valence-corrected chi connectivity index (χ2v) is 5.67. The third-order valence-corrected chi connectivity index (χ3v) is 4.41. The Morgan fingerprint density at radius 2 is 2.18 bits per heavy atom. The van der Waals surface area contributed by atoms with E-state index in [0.717, 1.165) is 36.4 Å². The minimum atomic E-state index is 0.365. The van der Waals surface area contributed by atoms with Gasteiger partial charge >= 0.3 is 0 Å². The van der Waals surface area contributed by atoms with Gasteiger partial charge in [0.05, 0.1) is 20.4 Å². The predicted octanol–water partition coefficient (Wildman–Crippen LogP) is 2.60. The number of nitrogens with one attached hydrogen (secondary N) is 1. The van der Waals surface area contributed by atoms with Crippen molar-refractivity contribution in [1.82, 2.24) is 15.1 Å². The van der Waals surface area contributed by atoms with Crippen LogP contribution >= 0.6 is 0 Å². The SMILES string of the molecule is COc1ccc(CNC2CCCc3c2cnn3C)c(OC)c1. The molecule has 0 radical (unpaired) electrons. The van der Waals surface area contributed by atoms with E-state index in [9.17, 15) is 0 Å². The number of hydrogen-bond donors (Lipinski definition) is 1. The maximum atomic E-state index is 5.46. The average molecular weight is 301 g/mol. The lowest BCUT2D eigenvalue weighted by Gasteiger charge is -2.24. The highest BCUT2D eigenvalue weighted by atomic mass is 16.5. The van der Waals surface area contributed by atoms with Crippen molar-refractivity contribution in [2.45, 2.75) is 31.8 Å². The molecular weight excluding hydrogens is 278 g/mol. The van der Waals surface area contributed by atoms with E-state index in [1.54, 1.807) is 14.2 Å². The molecule has 5 nitrogen and oxygen atoms in total. The molecule has 1 N–H and O–H groups in total. The van der Waals surface area contributed by atoms with Crippen LogP contribution in [0, 0.1) is 0 Å². The van der Waals surface area contributed by atoms with E-state index in [-0.39, 0.29) is 0 Å². The number of rotatable bonds is 5. The van der Waals surface area contributed by atoms with Gasteiger partial charge in [0.15, 0.2) is 0 Å². The summed E-state index contributed by atoms with van der Waals surface area (Å²) >= 11 is 0. The molecule has 5 heteroatoms. The lowest BCUT2D eigenvalue weighted by Crippen LogP contribution is -2.25. The Kier molecular flexibility index (Phi) is 4.34. The average Bonchev–Trinajstić information content (AvgIpc) is 2.94. The molecule has 0 aliphatic heterocycles. The van der Waals surface area contributed by atoms with E-state index in [4.69, 9.17) is 9.47 Å². The first-order valence-corrected chi connectivity index (χ1v) is 7.68. The van der Waals surface area contributed by atoms with Gasteiger partial charge in [-0.1, -0.05) is 6.07 Å².